The Labute approximate surface area is 253 Å². The largest absolute Gasteiger partial charge is 0.394 e. The number of rotatable bonds is 9. The molecule has 0 radical (unpaired) electrons. The molecule has 6 atom stereocenters. The van der Waals surface area contributed by atoms with Crippen LogP contribution in [0.5, 0.6) is 0 Å². The van der Waals surface area contributed by atoms with Crippen LogP contribution >= 0.6 is 0 Å². The lowest BCUT2D eigenvalue weighted by atomic mass is 9.74. The van der Waals surface area contributed by atoms with Gasteiger partial charge in [-0.25, -0.2) is 0 Å². The van der Waals surface area contributed by atoms with Gasteiger partial charge in [0.05, 0.1) is 30.1 Å². The highest BCUT2D eigenvalue weighted by molar-refractivity contribution is 6.00. The fourth-order valence-corrected chi connectivity index (χ4v) is 7.58. The summed E-state index contributed by atoms with van der Waals surface area (Å²) in [5.74, 6) is -2.41. The summed E-state index contributed by atoms with van der Waals surface area (Å²) < 4.78 is 6.95. The molecule has 6 rings (SSSR count). The van der Waals surface area contributed by atoms with Gasteiger partial charge in [-0.3, -0.25) is 14.4 Å². The normalized spacial score (nSPS) is 30.6. The van der Waals surface area contributed by atoms with E-state index in [1.165, 1.54) is 0 Å². The predicted octanol–water partition coefficient (Wildman–Crippen LogP) is 3.36. The van der Waals surface area contributed by atoms with Crippen molar-refractivity contribution in [3.63, 3.8) is 0 Å². The second-order valence-corrected chi connectivity index (χ2v) is 12.4. The highest BCUT2D eigenvalue weighted by atomic mass is 16.5. The summed E-state index contributed by atoms with van der Waals surface area (Å²) in [7, 11) is 0. The molecule has 8 heteroatoms. The number of fused-ring (bicyclic) bond motifs is 2. The number of amides is 3. The standard InChI is InChI=1S/C35H41N3O5/c1-3-4-19-36-20-12-18-35-29(32(41)38(30(35)33(36)42)27(24-39)22-25-13-7-5-8-14-25)28-31(40)37(21-11-17-34(28,2)43-35)23-26-15-9-6-10-16-26/h5-18,27-30,39H,3-4,19-24H2,1-2H3/t27-,28+,29+,30?,34-,35+/m1/s1. The van der Waals surface area contributed by atoms with E-state index >= 15 is 0 Å². The molecule has 0 saturated carbocycles. The highest BCUT2D eigenvalue weighted by Crippen LogP contribution is 2.58. The van der Waals surface area contributed by atoms with Gasteiger partial charge in [-0.1, -0.05) is 98.3 Å². The Bertz CT molecular complexity index is 1410. The topological polar surface area (TPSA) is 90.4 Å². The quantitative estimate of drug-likeness (QED) is 0.458. The molecule has 0 aromatic heterocycles. The van der Waals surface area contributed by atoms with E-state index < -0.39 is 35.1 Å². The first-order valence-corrected chi connectivity index (χ1v) is 15.5. The highest BCUT2D eigenvalue weighted by Gasteiger charge is 2.75. The number of unbranched alkanes of at least 4 members (excludes halogenated alkanes) is 1. The molecule has 43 heavy (non-hydrogen) atoms. The molecule has 1 N–H and O–H groups in total. The van der Waals surface area contributed by atoms with Crippen molar-refractivity contribution < 1.29 is 24.2 Å². The first kappa shape index (κ1) is 29.3. The lowest BCUT2D eigenvalue weighted by Gasteiger charge is -2.40. The number of aliphatic hydroxyl groups excluding tert-OH is 1. The van der Waals surface area contributed by atoms with Crippen LogP contribution < -0.4 is 0 Å². The minimum atomic E-state index is -1.34. The van der Waals surface area contributed by atoms with Gasteiger partial charge in [0.2, 0.25) is 17.7 Å². The fourth-order valence-electron chi connectivity index (χ4n) is 7.58. The molecule has 0 bridgehead atoms. The molecule has 4 heterocycles. The molecule has 2 fully saturated rings. The number of carbonyl (C=O) groups excluding carboxylic acids is 3. The van der Waals surface area contributed by atoms with Gasteiger partial charge in [-0.15, -0.1) is 0 Å². The molecule has 3 amide bonds. The van der Waals surface area contributed by atoms with Crippen LogP contribution in [0.1, 0.15) is 37.8 Å². The van der Waals surface area contributed by atoms with Crippen molar-refractivity contribution in [1.82, 2.24) is 14.7 Å². The summed E-state index contributed by atoms with van der Waals surface area (Å²) in [6.07, 6.45) is 9.79. The van der Waals surface area contributed by atoms with Crippen molar-refractivity contribution in [2.45, 2.75) is 62.9 Å². The molecule has 4 aliphatic rings. The zero-order chi connectivity index (χ0) is 30.2. The number of carbonyl (C=O) groups is 3. The Morgan fingerprint density at radius 2 is 1.51 bits per heavy atom. The van der Waals surface area contributed by atoms with E-state index in [1.54, 1.807) is 14.7 Å². The number of likely N-dealkylation sites (tertiary alicyclic amines) is 1. The molecule has 1 spiro atoms. The molecule has 8 nitrogen and oxygen atoms in total. The zero-order valence-corrected chi connectivity index (χ0v) is 25.0. The number of benzene rings is 2. The lowest BCUT2D eigenvalue weighted by Crippen LogP contribution is -2.59. The number of nitrogens with zero attached hydrogens (tertiary/aromatic N) is 3. The number of aliphatic hydroxyl groups is 1. The summed E-state index contributed by atoms with van der Waals surface area (Å²) in [5, 5.41) is 10.7. The van der Waals surface area contributed by atoms with Crippen molar-refractivity contribution in [2.75, 3.05) is 26.2 Å². The average molecular weight is 584 g/mol. The van der Waals surface area contributed by atoms with Crippen LogP contribution in [0.15, 0.2) is 85.0 Å². The maximum Gasteiger partial charge on any atom is 0.249 e. The third-order valence-corrected chi connectivity index (χ3v) is 9.58. The van der Waals surface area contributed by atoms with Gasteiger partial charge in [-0.05, 0) is 30.9 Å². The van der Waals surface area contributed by atoms with Crippen LogP contribution in [-0.2, 0) is 32.1 Å². The molecule has 2 aromatic carbocycles. The van der Waals surface area contributed by atoms with E-state index in [1.807, 2.05) is 91.9 Å². The SMILES string of the molecule is CCCCN1CC=C[C@]23O[C@]4(C)C=CCN(Cc5ccccc5)C(=O)[C@@H]4[C@H]2C(=O)N([C@@H](CO)Cc2ccccc2)C3C1=O. The Hall–Kier alpha value is -3.75. The Morgan fingerprint density at radius 3 is 2.19 bits per heavy atom. The number of hydrogen-bond acceptors (Lipinski definition) is 5. The Kier molecular flexibility index (Phi) is 8.00. The summed E-state index contributed by atoms with van der Waals surface area (Å²) >= 11 is 0. The molecule has 226 valence electrons. The van der Waals surface area contributed by atoms with Crippen molar-refractivity contribution >= 4 is 17.7 Å². The molecule has 2 aromatic rings. The second-order valence-electron chi connectivity index (χ2n) is 12.4. The van der Waals surface area contributed by atoms with Crippen molar-refractivity contribution in [2.24, 2.45) is 11.8 Å². The molecule has 2 saturated heterocycles. The third-order valence-electron chi connectivity index (χ3n) is 9.58. The van der Waals surface area contributed by atoms with Gasteiger partial charge in [0, 0.05) is 26.2 Å². The second kappa shape index (κ2) is 11.7. The van der Waals surface area contributed by atoms with Gasteiger partial charge < -0.3 is 24.5 Å². The zero-order valence-electron chi connectivity index (χ0n) is 25.0. The lowest BCUT2D eigenvalue weighted by molar-refractivity contribution is -0.155. The number of hydrogen-bond donors (Lipinski definition) is 1. The van der Waals surface area contributed by atoms with E-state index in [9.17, 15) is 19.5 Å². The maximum atomic E-state index is 14.8. The van der Waals surface area contributed by atoms with Gasteiger partial charge in [0.1, 0.15) is 11.6 Å². The van der Waals surface area contributed by atoms with Gasteiger partial charge in [0.25, 0.3) is 0 Å². The fraction of sp³-hybridized carbons (Fsp3) is 0.457. The molecule has 4 aliphatic heterocycles. The number of ether oxygens (including phenoxy) is 1. The monoisotopic (exact) mass is 583 g/mol. The van der Waals surface area contributed by atoms with E-state index in [2.05, 4.69) is 6.92 Å². The van der Waals surface area contributed by atoms with Crippen molar-refractivity contribution in [3.8, 4) is 0 Å². The summed E-state index contributed by atoms with van der Waals surface area (Å²) in [6.45, 7) is 5.40. The van der Waals surface area contributed by atoms with E-state index in [0.717, 1.165) is 24.0 Å². The third kappa shape index (κ3) is 5.00. The van der Waals surface area contributed by atoms with Crippen LogP contribution in [0.4, 0.5) is 0 Å². The van der Waals surface area contributed by atoms with Crippen LogP contribution in [0.25, 0.3) is 0 Å². The maximum absolute atomic E-state index is 14.8. The Morgan fingerprint density at radius 1 is 0.860 bits per heavy atom. The van der Waals surface area contributed by atoms with E-state index in [0.29, 0.717) is 32.6 Å². The van der Waals surface area contributed by atoms with Gasteiger partial charge in [-0.2, -0.15) is 0 Å². The molecular weight excluding hydrogens is 542 g/mol. The molecular formula is C35H41N3O5. The van der Waals surface area contributed by atoms with E-state index in [4.69, 9.17) is 4.74 Å². The average Bonchev–Trinajstić information content (AvgIpc) is 3.30. The summed E-state index contributed by atoms with van der Waals surface area (Å²) in [5.41, 5.74) is -0.467. The Balaban J connectivity index is 1.43. The smallest absolute Gasteiger partial charge is 0.249 e. The minimum Gasteiger partial charge on any atom is -0.394 e. The van der Waals surface area contributed by atoms with Gasteiger partial charge >= 0.3 is 0 Å². The summed E-state index contributed by atoms with van der Waals surface area (Å²) in [4.78, 5) is 48.9. The van der Waals surface area contributed by atoms with Crippen molar-refractivity contribution in [3.05, 3.63) is 96.1 Å². The van der Waals surface area contributed by atoms with Crippen LogP contribution in [0.2, 0.25) is 0 Å². The van der Waals surface area contributed by atoms with Crippen LogP contribution in [0.3, 0.4) is 0 Å². The first-order valence-electron chi connectivity index (χ1n) is 15.5. The van der Waals surface area contributed by atoms with Crippen molar-refractivity contribution in [1.29, 1.82) is 0 Å². The van der Waals surface area contributed by atoms with Gasteiger partial charge in [0.15, 0.2) is 0 Å². The molecule has 0 aliphatic carbocycles. The molecule has 1 unspecified atom stereocenters. The van der Waals surface area contributed by atoms with Crippen LogP contribution in [-0.4, -0.2) is 87.1 Å². The van der Waals surface area contributed by atoms with E-state index in [-0.39, 0.29) is 24.3 Å². The summed E-state index contributed by atoms with van der Waals surface area (Å²) in [6, 6.07) is 17.8. The van der Waals surface area contributed by atoms with Crippen LogP contribution in [0, 0.1) is 11.8 Å². The minimum absolute atomic E-state index is 0.163. The predicted molar refractivity (Wildman–Crippen MR) is 162 cm³/mol. The first-order chi connectivity index (χ1) is 20.8.